The molecule has 0 radical (unpaired) electrons. The van der Waals surface area contributed by atoms with Gasteiger partial charge in [0.15, 0.2) is 5.78 Å². The number of ketones is 1. The van der Waals surface area contributed by atoms with Crippen molar-refractivity contribution in [2.24, 2.45) is 0 Å². The van der Waals surface area contributed by atoms with Crippen molar-refractivity contribution in [3.05, 3.63) is 96.6 Å². The van der Waals surface area contributed by atoms with Crippen LogP contribution in [0.5, 0.6) is 0 Å². The largest absolute Gasteiger partial charge is 0.398 e. The van der Waals surface area contributed by atoms with E-state index in [9.17, 15) is 24.0 Å². The fourth-order valence-electron chi connectivity index (χ4n) is 8.12. The fraction of sp³-hybridized carbons (Fsp3) is 0.489. The molecule has 0 aromatic heterocycles. The lowest BCUT2D eigenvalue weighted by Crippen LogP contribution is -2.68. The first kappa shape index (κ1) is 42.5. The van der Waals surface area contributed by atoms with Crippen LogP contribution in [0.1, 0.15) is 98.5 Å². The van der Waals surface area contributed by atoms with Crippen molar-refractivity contribution in [3.8, 4) is 0 Å². The van der Waals surface area contributed by atoms with Crippen LogP contribution in [-0.4, -0.2) is 78.9 Å². The SMILES string of the molecule is CC[C@@]1(C)NC(=O)[C@H](CCCCCC(=O)[C@H](C)O[Si](c2ccccc2)(c2ccccc2)C(C)(C)C)NC(=O)[C@H]2CCCN2C(=O)[C@H](Cc2ccccc2)NC1=O. The highest BCUT2D eigenvalue weighted by molar-refractivity contribution is 6.99. The number of nitrogens with zero attached hydrogens (tertiary/aromatic N) is 1. The molecular weight excluding hydrogens is 721 g/mol. The van der Waals surface area contributed by atoms with E-state index in [-0.39, 0.29) is 35.5 Å². The van der Waals surface area contributed by atoms with Gasteiger partial charge in [-0.1, -0.05) is 132 Å². The number of hydrogen-bond acceptors (Lipinski definition) is 6. The molecule has 5 atom stereocenters. The molecular formula is C45H60N4O6Si. The third-order valence-electron chi connectivity index (χ3n) is 11.6. The predicted molar refractivity (Wildman–Crippen MR) is 222 cm³/mol. The second-order valence-electron chi connectivity index (χ2n) is 16.6. The highest BCUT2D eigenvalue weighted by atomic mass is 28.4. The van der Waals surface area contributed by atoms with Crippen LogP contribution in [0.25, 0.3) is 0 Å². The number of amides is 4. The molecule has 2 saturated heterocycles. The molecule has 0 spiro atoms. The topological polar surface area (TPSA) is 134 Å². The van der Waals surface area contributed by atoms with Crippen LogP contribution in [0.4, 0.5) is 0 Å². The molecule has 0 saturated carbocycles. The van der Waals surface area contributed by atoms with Gasteiger partial charge in [-0.3, -0.25) is 24.0 Å². The van der Waals surface area contributed by atoms with Crippen LogP contribution in [0.15, 0.2) is 91.0 Å². The van der Waals surface area contributed by atoms with Crippen molar-refractivity contribution in [2.75, 3.05) is 6.54 Å². The summed E-state index contributed by atoms with van der Waals surface area (Å²) in [7, 11) is -2.90. The maximum absolute atomic E-state index is 14.0. The van der Waals surface area contributed by atoms with Gasteiger partial charge < -0.3 is 25.3 Å². The van der Waals surface area contributed by atoms with E-state index in [1.165, 1.54) is 0 Å². The van der Waals surface area contributed by atoms with Crippen molar-refractivity contribution >= 4 is 48.1 Å². The smallest absolute Gasteiger partial charge is 0.262 e. The first-order valence-corrected chi connectivity index (χ1v) is 22.2. The van der Waals surface area contributed by atoms with Crippen molar-refractivity contribution < 1.29 is 28.4 Å². The number of Topliss-reactive ketones (excluding diaryl/α,β-unsaturated/α-hetero) is 1. The summed E-state index contributed by atoms with van der Waals surface area (Å²) in [5.41, 5.74) is -0.435. The summed E-state index contributed by atoms with van der Waals surface area (Å²) in [6.07, 6.45) is 3.48. The lowest BCUT2D eigenvalue weighted by molar-refractivity contribution is -0.144. The third-order valence-corrected chi connectivity index (χ3v) is 16.7. The van der Waals surface area contributed by atoms with E-state index >= 15 is 0 Å². The molecule has 0 bridgehead atoms. The van der Waals surface area contributed by atoms with Gasteiger partial charge in [0.25, 0.3) is 8.32 Å². The summed E-state index contributed by atoms with van der Waals surface area (Å²) in [6, 6.07) is 27.4. The van der Waals surface area contributed by atoms with E-state index in [2.05, 4.69) is 61.0 Å². The molecule has 3 aromatic carbocycles. The zero-order chi connectivity index (χ0) is 40.5. The Balaban J connectivity index is 1.25. The molecule has 2 aliphatic heterocycles. The Labute approximate surface area is 333 Å². The molecule has 3 N–H and O–H groups in total. The van der Waals surface area contributed by atoms with Gasteiger partial charge in [0, 0.05) is 19.4 Å². The number of hydrogen-bond donors (Lipinski definition) is 3. The van der Waals surface area contributed by atoms with Crippen LogP contribution in [0.3, 0.4) is 0 Å². The summed E-state index contributed by atoms with van der Waals surface area (Å²) in [6.45, 7) is 12.3. The molecule has 56 heavy (non-hydrogen) atoms. The van der Waals surface area contributed by atoms with Crippen LogP contribution in [-0.2, 0) is 34.8 Å². The normalized spacial score (nSPS) is 22.9. The van der Waals surface area contributed by atoms with Crippen LogP contribution in [0.2, 0.25) is 5.04 Å². The Morgan fingerprint density at radius 3 is 2.00 bits per heavy atom. The zero-order valence-corrected chi connectivity index (χ0v) is 34.9. The Morgan fingerprint density at radius 1 is 0.839 bits per heavy atom. The van der Waals surface area contributed by atoms with Crippen LogP contribution < -0.4 is 26.3 Å². The fourth-order valence-corrected chi connectivity index (χ4v) is 12.8. The number of carbonyl (C=O) groups is 5. The van der Waals surface area contributed by atoms with Gasteiger partial charge in [-0.05, 0) is 66.9 Å². The molecule has 0 aliphatic carbocycles. The molecule has 10 nitrogen and oxygen atoms in total. The van der Waals surface area contributed by atoms with Gasteiger partial charge in [0.05, 0.1) is 0 Å². The number of unbranched alkanes of at least 4 members (excludes halogenated alkanes) is 2. The summed E-state index contributed by atoms with van der Waals surface area (Å²) in [5.74, 6) is -1.55. The lowest BCUT2D eigenvalue weighted by Gasteiger charge is -2.44. The lowest BCUT2D eigenvalue weighted by atomic mass is 9.94. The van der Waals surface area contributed by atoms with Crippen molar-refractivity contribution in [3.63, 3.8) is 0 Å². The molecule has 2 fully saturated rings. The zero-order valence-electron chi connectivity index (χ0n) is 33.9. The molecule has 0 unspecified atom stereocenters. The van der Waals surface area contributed by atoms with E-state index in [4.69, 9.17) is 4.43 Å². The number of nitrogens with one attached hydrogen (secondary N) is 3. The monoisotopic (exact) mass is 780 g/mol. The molecule has 4 amide bonds. The van der Waals surface area contributed by atoms with Gasteiger partial charge in [-0.2, -0.15) is 0 Å². The van der Waals surface area contributed by atoms with E-state index in [0.717, 1.165) is 15.9 Å². The maximum atomic E-state index is 14.0. The summed E-state index contributed by atoms with van der Waals surface area (Å²) in [5, 5.41) is 10.8. The number of fused-ring (bicyclic) bond motifs is 1. The van der Waals surface area contributed by atoms with Crippen LogP contribution in [0, 0.1) is 0 Å². The second kappa shape index (κ2) is 18.6. The van der Waals surface area contributed by atoms with Gasteiger partial charge >= 0.3 is 0 Å². The number of rotatable bonds is 14. The Morgan fingerprint density at radius 2 is 1.43 bits per heavy atom. The van der Waals surface area contributed by atoms with Gasteiger partial charge in [0.1, 0.15) is 29.8 Å². The second-order valence-corrected chi connectivity index (χ2v) is 20.9. The van der Waals surface area contributed by atoms with Crippen molar-refractivity contribution in [1.82, 2.24) is 20.9 Å². The third kappa shape index (κ3) is 9.66. The standard InChI is InChI=1S/C45H60N4O6Si/c1-7-45(6)43(54)47-37(31-33-21-12-8-13-22-33)42(53)49-30-20-28-38(49)41(52)46-36(40(51)48-45)27-18-11-19-29-39(50)32(2)55-56(44(3,4)5,34-23-14-9-15-24-34)35-25-16-10-17-26-35/h8-10,12-17,21-26,32,36-38H,7,11,18-20,27-31H2,1-6H3,(H,46,52)(H,47,54)(H,48,51)/t32-,36-,37-,38+,45+/m0/s1. The summed E-state index contributed by atoms with van der Waals surface area (Å²) >= 11 is 0. The Kier molecular flexibility index (Phi) is 14.1. The molecule has 11 heteroatoms. The van der Waals surface area contributed by atoms with E-state index in [1.54, 1.807) is 18.7 Å². The molecule has 3 aromatic rings. The van der Waals surface area contributed by atoms with Crippen molar-refractivity contribution in [1.29, 1.82) is 0 Å². The first-order valence-electron chi connectivity index (χ1n) is 20.3. The molecule has 2 aliphatic rings. The minimum Gasteiger partial charge on any atom is -0.398 e. The van der Waals surface area contributed by atoms with Gasteiger partial charge in [-0.25, -0.2) is 0 Å². The molecule has 300 valence electrons. The molecule has 5 rings (SSSR count). The minimum absolute atomic E-state index is 0.0244. The Bertz CT molecular complexity index is 1780. The minimum atomic E-state index is -2.90. The summed E-state index contributed by atoms with van der Waals surface area (Å²) < 4.78 is 7.03. The van der Waals surface area contributed by atoms with E-state index in [1.807, 2.05) is 73.7 Å². The van der Waals surface area contributed by atoms with Crippen LogP contribution >= 0.6 is 0 Å². The van der Waals surface area contributed by atoms with E-state index < -0.39 is 49.9 Å². The van der Waals surface area contributed by atoms with Gasteiger partial charge in [-0.15, -0.1) is 0 Å². The first-order chi connectivity index (χ1) is 26.7. The van der Waals surface area contributed by atoms with Gasteiger partial charge in [0.2, 0.25) is 23.6 Å². The number of carbonyl (C=O) groups excluding carboxylic acids is 5. The summed E-state index contributed by atoms with van der Waals surface area (Å²) in [4.78, 5) is 70.8. The highest BCUT2D eigenvalue weighted by Crippen LogP contribution is 2.37. The quantitative estimate of drug-likeness (QED) is 0.156. The highest BCUT2D eigenvalue weighted by Gasteiger charge is 2.51. The molecule has 2 heterocycles. The predicted octanol–water partition coefficient (Wildman–Crippen LogP) is 4.97. The number of benzene rings is 3. The van der Waals surface area contributed by atoms with E-state index in [0.29, 0.717) is 51.5 Å². The van der Waals surface area contributed by atoms with Crippen molar-refractivity contribution in [2.45, 2.75) is 134 Å². The average molecular weight is 781 g/mol. The average Bonchev–Trinajstić information content (AvgIpc) is 3.69. The Hall–Kier alpha value is -4.61. The maximum Gasteiger partial charge on any atom is 0.262 e.